The van der Waals surface area contributed by atoms with Crippen molar-refractivity contribution < 1.29 is 0 Å². The van der Waals surface area contributed by atoms with Crippen molar-refractivity contribution in [3.05, 3.63) is 110 Å². The van der Waals surface area contributed by atoms with Crippen molar-refractivity contribution in [2.75, 3.05) is 0 Å². The largest absolute Gasteiger partial charge is 0.342 e. The molecule has 0 bridgehead atoms. The van der Waals surface area contributed by atoms with Crippen LogP contribution < -0.4 is 0 Å². The maximum Gasteiger partial charge on any atom is 0.120 e. The molecular weight excluding hydrogens is 402 g/mol. The third-order valence-corrected chi connectivity index (χ3v) is 7.26. The number of hydrogen-bond acceptors (Lipinski definition) is 0. The van der Waals surface area contributed by atoms with E-state index in [1.165, 1.54) is 32.7 Å². The van der Waals surface area contributed by atoms with Crippen LogP contribution in [-0.2, 0) is 11.2 Å². The molecule has 0 amide bonds. The maximum absolute atomic E-state index is 2.46. The average molecular weight is 432 g/mol. The zero-order valence-corrected chi connectivity index (χ0v) is 19.4. The van der Waals surface area contributed by atoms with Gasteiger partial charge in [0.25, 0.3) is 0 Å². The van der Waals surface area contributed by atoms with Crippen molar-refractivity contribution in [3.63, 3.8) is 0 Å². The smallest absolute Gasteiger partial charge is 0.120 e. The van der Waals surface area contributed by atoms with Crippen LogP contribution in [0.3, 0.4) is 0 Å². The van der Waals surface area contributed by atoms with Crippen LogP contribution in [-0.4, -0.2) is 13.7 Å². The van der Waals surface area contributed by atoms with E-state index in [0.29, 0.717) is 0 Å². The van der Waals surface area contributed by atoms with Crippen LogP contribution in [0.25, 0.3) is 32.7 Å². The molecule has 0 radical (unpaired) electrons. The maximum atomic E-state index is 2.46. The number of hydrogen-bond donors (Lipinski definition) is 0. The topological polar surface area (TPSA) is 14.8 Å². The molecule has 164 valence electrons. The van der Waals surface area contributed by atoms with Gasteiger partial charge in [0.2, 0.25) is 0 Å². The van der Waals surface area contributed by atoms with Gasteiger partial charge >= 0.3 is 0 Å². The van der Waals surface area contributed by atoms with Crippen LogP contribution in [0.15, 0.2) is 110 Å². The van der Waals surface area contributed by atoms with Crippen molar-refractivity contribution in [1.82, 2.24) is 13.7 Å². The van der Waals surface area contributed by atoms with E-state index in [9.17, 15) is 0 Å². The minimum atomic E-state index is -0.318. The molecule has 0 aliphatic heterocycles. The molecule has 6 aromatic rings. The van der Waals surface area contributed by atoms with Gasteiger partial charge in [0.1, 0.15) is 5.66 Å². The molecule has 0 saturated carbocycles. The van der Waals surface area contributed by atoms with Crippen LogP contribution in [0.5, 0.6) is 0 Å². The molecule has 3 aromatic heterocycles. The van der Waals surface area contributed by atoms with E-state index in [1.54, 1.807) is 0 Å². The van der Waals surface area contributed by atoms with E-state index in [0.717, 1.165) is 6.42 Å². The highest BCUT2D eigenvalue weighted by Gasteiger charge is 2.38. The lowest BCUT2D eigenvalue weighted by Crippen LogP contribution is -2.44. The lowest BCUT2D eigenvalue weighted by molar-refractivity contribution is 0.163. The second-order valence-corrected chi connectivity index (χ2v) is 9.94. The molecule has 3 heteroatoms. The van der Waals surface area contributed by atoms with Gasteiger partial charge in [-0.2, -0.15) is 0 Å². The lowest BCUT2D eigenvalue weighted by Gasteiger charge is -2.42. The van der Waals surface area contributed by atoms with E-state index in [4.69, 9.17) is 0 Å². The van der Waals surface area contributed by atoms with Crippen LogP contribution in [0.2, 0.25) is 0 Å². The number of para-hydroxylation sites is 3. The van der Waals surface area contributed by atoms with Gasteiger partial charge in [-0.15, -0.1) is 0 Å². The molecule has 0 N–H and O–H groups in total. The molecule has 0 aliphatic rings. The fourth-order valence-corrected chi connectivity index (χ4v) is 5.81. The van der Waals surface area contributed by atoms with Gasteiger partial charge in [-0.05, 0) is 73.3 Å². The summed E-state index contributed by atoms with van der Waals surface area (Å²) < 4.78 is 7.36. The first kappa shape index (κ1) is 19.9. The van der Waals surface area contributed by atoms with Crippen molar-refractivity contribution in [2.24, 2.45) is 0 Å². The van der Waals surface area contributed by atoms with Gasteiger partial charge in [-0.1, -0.05) is 54.6 Å². The second-order valence-electron chi connectivity index (χ2n) is 9.94. The number of aromatic nitrogens is 3. The van der Waals surface area contributed by atoms with Gasteiger partial charge in [0.05, 0.1) is 11.0 Å². The molecule has 0 saturated heterocycles. The Morgan fingerprint density at radius 3 is 1.30 bits per heavy atom. The molecule has 0 spiro atoms. The standard InChI is InChI=1S/C30H29N3/c1-29(2,31-19-16-23-10-4-7-13-26(23)31)22-30(3,32-20-17-24-11-5-8-14-27(24)32)33-21-18-25-12-6-9-15-28(25)33/h4-21H,22H2,1-3H3. The quantitative estimate of drug-likeness (QED) is 0.267. The van der Waals surface area contributed by atoms with Crippen molar-refractivity contribution in [1.29, 1.82) is 0 Å². The molecule has 0 atom stereocenters. The van der Waals surface area contributed by atoms with E-state index in [2.05, 4.69) is 144 Å². The SMILES string of the molecule is CC(C)(CC(C)(n1ccc2ccccc21)n1ccc2ccccc21)n1ccc2ccccc21. The molecular formula is C30H29N3. The Hall–Kier alpha value is -3.72. The van der Waals surface area contributed by atoms with Crippen LogP contribution in [0.1, 0.15) is 27.2 Å². The summed E-state index contributed by atoms with van der Waals surface area (Å²) in [7, 11) is 0. The summed E-state index contributed by atoms with van der Waals surface area (Å²) in [5.74, 6) is 0. The Bertz CT molecular complexity index is 1520. The fraction of sp³-hybridized carbons (Fsp3) is 0.200. The summed E-state index contributed by atoms with van der Waals surface area (Å²) in [5, 5.41) is 3.82. The normalized spacial score (nSPS) is 12.8. The molecule has 0 aliphatic carbocycles. The number of fused-ring (bicyclic) bond motifs is 3. The Balaban J connectivity index is 1.58. The Morgan fingerprint density at radius 1 is 0.485 bits per heavy atom. The summed E-state index contributed by atoms with van der Waals surface area (Å²) >= 11 is 0. The third kappa shape index (κ3) is 3.03. The van der Waals surface area contributed by atoms with Gasteiger partial charge in [0.15, 0.2) is 0 Å². The second kappa shape index (κ2) is 7.14. The number of rotatable bonds is 5. The number of nitrogens with zero attached hydrogens (tertiary/aromatic N) is 3. The minimum absolute atomic E-state index is 0.130. The monoisotopic (exact) mass is 431 g/mol. The molecule has 33 heavy (non-hydrogen) atoms. The zero-order chi connectivity index (χ0) is 22.6. The molecule has 3 aromatic carbocycles. The highest BCUT2D eigenvalue weighted by atomic mass is 15.3. The van der Waals surface area contributed by atoms with Crippen LogP contribution in [0, 0.1) is 0 Å². The highest BCUT2D eigenvalue weighted by Crippen LogP contribution is 2.39. The summed E-state index contributed by atoms with van der Waals surface area (Å²) in [6, 6.07) is 32.7. The molecule has 3 heterocycles. The number of benzene rings is 3. The third-order valence-electron chi connectivity index (χ3n) is 7.26. The van der Waals surface area contributed by atoms with Crippen molar-refractivity contribution in [3.8, 4) is 0 Å². The van der Waals surface area contributed by atoms with Crippen molar-refractivity contribution in [2.45, 2.75) is 38.4 Å². The summed E-state index contributed by atoms with van der Waals surface area (Å²) in [4.78, 5) is 0. The van der Waals surface area contributed by atoms with E-state index in [1.807, 2.05) is 0 Å². The molecule has 6 rings (SSSR count). The van der Waals surface area contributed by atoms with E-state index >= 15 is 0 Å². The fourth-order valence-electron chi connectivity index (χ4n) is 5.81. The average Bonchev–Trinajstić information content (AvgIpc) is 3.55. The van der Waals surface area contributed by atoms with Gasteiger partial charge < -0.3 is 13.7 Å². The highest BCUT2D eigenvalue weighted by molar-refractivity contribution is 5.82. The van der Waals surface area contributed by atoms with Crippen LogP contribution in [0.4, 0.5) is 0 Å². The Kier molecular flexibility index (Phi) is 4.31. The summed E-state index contributed by atoms with van der Waals surface area (Å²) in [6.45, 7) is 7.09. The van der Waals surface area contributed by atoms with Gasteiger partial charge in [-0.25, -0.2) is 0 Å². The predicted octanol–water partition coefficient (Wildman–Crippen LogP) is 7.60. The van der Waals surface area contributed by atoms with Gasteiger partial charge in [-0.3, -0.25) is 0 Å². The summed E-state index contributed by atoms with van der Waals surface area (Å²) in [5.41, 5.74) is 3.34. The Morgan fingerprint density at radius 2 is 0.848 bits per heavy atom. The van der Waals surface area contributed by atoms with E-state index < -0.39 is 0 Å². The summed E-state index contributed by atoms with van der Waals surface area (Å²) in [6.07, 6.45) is 7.66. The zero-order valence-electron chi connectivity index (χ0n) is 19.4. The van der Waals surface area contributed by atoms with Crippen LogP contribution >= 0.6 is 0 Å². The first-order valence-electron chi connectivity index (χ1n) is 11.7. The van der Waals surface area contributed by atoms with Gasteiger partial charge in [0, 0.05) is 36.1 Å². The van der Waals surface area contributed by atoms with Crippen molar-refractivity contribution >= 4 is 32.7 Å². The lowest BCUT2D eigenvalue weighted by atomic mass is 9.90. The molecule has 3 nitrogen and oxygen atoms in total. The molecule has 0 unspecified atom stereocenters. The minimum Gasteiger partial charge on any atom is -0.342 e. The first-order chi connectivity index (χ1) is 16.0. The molecule has 0 fully saturated rings. The predicted molar refractivity (Wildman–Crippen MR) is 139 cm³/mol. The Labute approximate surface area is 194 Å². The van der Waals surface area contributed by atoms with E-state index in [-0.39, 0.29) is 11.2 Å². The first-order valence-corrected chi connectivity index (χ1v) is 11.7.